The maximum absolute atomic E-state index is 13.8. The normalized spacial score (nSPS) is 22.9. The molecule has 226 valence electrons. The van der Waals surface area contributed by atoms with Crippen molar-refractivity contribution < 1.29 is 28.2 Å². The van der Waals surface area contributed by atoms with Crippen LogP contribution < -0.4 is 10.1 Å². The Morgan fingerprint density at radius 2 is 1.95 bits per heavy atom. The zero-order valence-corrected chi connectivity index (χ0v) is 28.8. The smallest absolute Gasteiger partial charge is 0.264 e. The van der Waals surface area contributed by atoms with E-state index in [4.69, 9.17) is 30.2 Å². The highest BCUT2D eigenvalue weighted by molar-refractivity contribution is 9.10. The number of thiophene rings is 1. The minimum Gasteiger partial charge on any atom is -0.493 e. The number of hydrogen-bond acceptors (Lipinski definition) is 7. The van der Waals surface area contributed by atoms with Crippen LogP contribution in [0.1, 0.15) is 44.3 Å². The molecule has 0 bridgehead atoms. The molecule has 2 saturated heterocycles. The number of nitrogens with one attached hydrogen (secondary N) is 1. The lowest BCUT2D eigenvalue weighted by Gasteiger charge is -2.37. The Bertz CT molecular complexity index is 1250. The van der Waals surface area contributed by atoms with Crippen LogP contribution >= 0.6 is 38.9 Å². The number of hydrogen-bond donors (Lipinski definition) is 1. The Morgan fingerprint density at radius 3 is 2.59 bits per heavy atom. The first kappa shape index (κ1) is 32.4. The average Bonchev–Trinajstić information content (AvgIpc) is 3.53. The van der Waals surface area contributed by atoms with Gasteiger partial charge in [-0.3, -0.25) is 9.59 Å². The lowest BCUT2D eigenvalue weighted by Crippen LogP contribution is -2.52. The quantitative estimate of drug-likeness (QED) is 0.294. The minimum absolute atomic E-state index is 0.0446. The van der Waals surface area contributed by atoms with Crippen LogP contribution in [0.15, 0.2) is 40.9 Å². The molecule has 41 heavy (non-hydrogen) atoms. The fraction of sp³-hybridized carbons (Fsp3) is 0.586. The van der Waals surface area contributed by atoms with Gasteiger partial charge in [-0.2, -0.15) is 0 Å². The van der Waals surface area contributed by atoms with Crippen LogP contribution in [0.5, 0.6) is 5.75 Å². The molecular formula is C29H40BrClN2O6SSi. The number of rotatable bonds is 10. The summed E-state index contributed by atoms with van der Waals surface area (Å²) in [5.74, 6) is -0.799. The summed E-state index contributed by atoms with van der Waals surface area (Å²) in [5, 5.41) is 3.13. The molecule has 1 N–H and O–H groups in total. The van der Waals surface area contributed by atoms with Crippen molar-refractivity contribution in [1.82, 2.24) is 10.2 Å². The number of carbonyl (C=O) groups is 2. The molecule has 2 aliphatic heterocycles. The van der Waals surface area contributed by atoms with E-state index in [2.05, 4.69) is 55.1 Å². The number of nitrogens with zero attached hydrogens (tertiary/aromatic N) is 1. The van der Waals surface area contributed by atoms with E-state index < -0.39 is 32.4 Å². The van der Waals surface area contributed by atoms with Gasteiger partial charge in [0.05, 0.1) is 22.4 Å². The highest BCUT2D eigenvalue weighted by atomic mass is 79.9. The van der Waals surface area contributed by atoms with Gasteiger partial charge in [0.25, 0.3) is 5.91 Å². The first-order chi connectivity index (χ1) is 19.1. The monoisotopic (exact) mass is 686 g/mol. The highest BCUT2D eigenvalue weighted by Crippen LogP contribution is 2.39. The fourth-order valence-electron chi connectivity index (χ4n) is 4.66. The van der Waals surface area contributed by atoms with Crippen LogP contribution in [0.4, 0.5) is 0 Å². The van der Waals surface area contributed by atoms with Gasteiger partial charge in [0.2, 0.25) is 5.91 Å². The number of halogens is 2. The molecule has 1 aromatic carbocycles. The third-order valence-electron chi connectivity index (χ3n) is 7.89. The van der Waals surface area contributed by atoms with Gasteiger partial charge in [-0.05, 0) is 62.3 Å². The van der Waals surface area contributed by atoms with Crippen LogP contribution in [0, 0.1) is 5.92 Å². The van der Waals surface area contributed by atoms with Crippen molar-refractivity contribution in [2.75, 3.05) is 26.3 Å². The topological polar surface area (TPSA) is 86.3 Å². The van der Waals surface area contributed by atoms with Crippen molar-refractivity contribution in [2.24, 2.45) is 5.92 Å². The second-order valence-electron chi connectivity index (χ2n) is 12.6. The van der Waals surface area contributed by atoms with Crippen molar-refractivity contribution in [3.63, 3.8) is 0 Å². The first-order valence-corrected chi connectivity index (χ1v) is 18.7. The summed E-state index contributed by atoms with van der Waals surface area (Å²) in [6.45, 7) is 16.0. The predicted octanol–water partition coefficient (Wildman–Crippen LogP) is 6.34. The molecule has 0 spiro atoms. The van der Waals surface area contributed by atoms with Crippen LogP contribution in [-0.2, 0) is 18.7 Å². The summed E-state index contributed by atoms with van der Waals surface area (Å²) in [6, 6.07) is 10.2. The maximum Gasteiger partial charge on any atom is 0.264 e. The molecule has 3 heterocycles. The number of fused-ring (bicyclic) bond motifs is 1. The zero-order valence-electron chi connectivity index (χ0n) is 24.7. The van der Waals surface area contributed by atoms with Gasteiger partial charge in [-0.1, -0.05) is 54.4 Å². The number of benzene rings is 1. The van der Waals surface area contributed by atoms with Gasteiger partial charge in [0, 0.05) is 23.5 Å². The molecule has 2 aliphatic rings. The third-order valence-corrected chi connectivity index (χ3v) is 14.1. The lowest BCUT2D eigenvalue weighted by atomic mass is 10.1. The van der Waals surface area contributed by atoms with Gasteiger partial charge in [-0.25, -0.2) is 0 Å². The molecule has 0 unspecified atom stereocenters. The van der Waals surface area contributed by atoms with Gasteiger partial charge in [0.15, 0.2) is 14.1 Å². The standard InChI is InChI=1S/C29H40BrClN2O6SSi/c1-28(2,3)41(6,7)37-17-18(16-36-20-10-8-9-19(30)13-20)14-32-26(34)24-25-21(38-29(4,5)39-25)15-33(24)27(35)22-11-12-23(31)40-22/h8-13,18,21,24-25H,14-17H2,1-7H3,(H,32,34)/t18-,21+,24+,25+/m1/s1. The van der Waals surface area contributed by atoms with Crippen LogP contribution in [-0.4, -0.2) is 75.4 Å². The molecule has 0 aliphatic carbocycles. The Balaban J connectivity index is 1.49. The van der Waals surface area contributed by atoms with Crippen molar-refractivity contribution >= 4 is 59.0 Å². The van der Waals surface area contributed by atoms with Crippen LogP contribution in [0.3, 0.4) is 0 Å². The number of likely N-dealkylation sites (tertiary alicyclic amines) is 1. The van der Waals surface area contributed by atoms with Crippen molar-refractivity contribution in [2.45, 2.75) is 76.8 Å². The van der Waals surface area contributed by atoms with E-state index in [1.807, 2.05) is 38.1 Å². The number of ether oxygens (including phenoxy) is 3. The third kappa shape index (κ3) is 7.93. The maximum atomic E-state index is 13.8. The van der Waals surface area contributed by atoms with Crippen molar-refractivity contribution in [1.29, 1.82) is 0 Å². The summed E-state index contributed by atoms with van der Waals surface area (Å²) in [7, 11) is -2.04. The zero-order chi connectivity index (χ0) is 30.2. The molecule has 2 aromatic rings. The lowest BCUT2D eigenvalue weighted by molar-refractivity contribution is -0.162. The van der Waals surface area contributed by atoms with Crippen LogP contribution in [0.2, 0.25) is 22.5 Å². The Labute approximate surface area is 261 Å². The van der Waals surface area contributed by atoms with Crippen molar-refractivity contribution in [3.05, 3.63) is 50.1 Å². The Morgan fingerprint density at radius 1 is 1.22 bits per heavy atom. The number of carbonyl (C=O) groups excluding carboxylic acids is 2. The summed E-state index contributed by atoms with van der Waals surface area (Å²) in [5.41, 5.74) is 0. The highest BCUT2D eigenvalue weighted by Gasteiger charge is 2.56. The second-order valence-corrected chi connectivity index (χ2v) is 20.0. The molecule has 8 nitrogen and oxygen atoms in total. The molecule has 4 atom stereocenters. The molecule has 2 amide bonds. The molecule has 0 radical (unpaired) electrons. The van der Waals surface area contributed by atoms with E-state index in [1.54, 1.807) is 17.0 Å². The van der Waals surface area contributed by atoms with E-state index in [0.717, 1.165) is 10.2 Å². The number of amides is 2. The summed E-state index contributed by atoms with van der Waals surface area (Å²) in [4.78, 5) is 29.2. The molecule has 4 rings (SSSR count). The Kier molecular flexibility index (Phi) is 10.00. The fourth-order valence-corrected chi connectivity index (χ4v) is 7.12. The van der Waals surface area contributed by atoms with E-state index in [1.165, 1.54) is 11.3 Å². The molecule has 12 heteroatoms. The van der Waals surface area contributed by atoms with Gasteiger partial charge < -0.3 is 28.9 Å². The Hall–Kier alpha value is -1.47. The molecule has 0 saturated carbocycles. The SMILES string of the molecule is CC1(C)O[C@H]2[C@H](CN(C(=O)c3ccc(Cl)s3)[C@@H]2C(=O)NC[C@H](COc2cccc(Br)c2)CO[Si](C)(C)C(C)(C)C)O1. The van der Waals surface area contributed by atoms with E-state index in [9.17, 15) is 9.59 Å². The van der Waals surface area contributed by atoms with Crippen molar-refractivity contribution in [3.8, 4) is 5.75 Å². The van der Waals surface area contributed by atoms with Crippen LogP contribution in [0.25, 0.3) is 0 Å². The summed E-state index contributed by atoms with van der Waals surface area (Å²) < 4.78 is 26.2. The van der Waals surface area contributed by atoms with Gasteiger partial charge in [-0.15, -0.1) is 11.3 Å². The summed E-state index contributed by atoms with van der Waals surface area (Å²) in [6.07, 6.45) is -0.984. The molecule has 1 aromatic heterocycles. The van der Waals surface area contributed by atoms with E-state index >= 15 is 0 Å². The van der Waals surface area contributed by atoms with Gasteiger partial charge in [0.1, 0.15) is 24.0 Å². The molecule has 2 fully saturated rings. The second kappa shape index (κ2) is 12.6. The largest absolute Gasteiger partial charge is 0.493 e. The minimum atomic E-state index is -2.04. The predicted molar refractivity (Wildman–Crippen MR) is 167 cm³/mol. The average molecular weight is 688 g/mol. The van der Waals surface area contributed by atoms with E-state index in [0.29, 0.717) is 29.0 Å². The first-order valence-electron chi connectivity index (χ1n) is 13.8. The van der Waals surface area contributed by atoms with E-state index in [-0.39, 0.29) is 29.3 Å². The summed E-state index contributed by atoms with van der Waals surface area (Å²) >= 11 is 10.8. The van der Waals surface area contributed by atoms with Gasteiger partial charge >= 0.3 is 0 Å². The molecular weight excluding hydrogens is 648 g/mol.